The predicted octanol–water partition coefficient (Wildman–Crippen LogP) is 4.73. The molecule has 1 aliphatic rings. The lowest BCUT2D eigenvalue weighted by Crippen LogP contribution is -2.00. The molecule has 1 unspecified atom stereocenters. The number of hydrogen-bond acceptors (Lipinski definition) is 2. The Labute approximate surface area is 131 Å². The van der Waals surface area contributed by atoms with Gasteiger partial charge in [-0.05, 0) is 64.2 Å². The van der Waals surface area contributed by atoms with E-state index in [0.29, 0.717) is 11.1 Å². The van der Waals surface area contributed by atoms with Gasteiger partial charge in [-0.15, -0.1) is 0 Å². The van der Waals surface area contributed by atoms with Crippen molar-refractivity contribution in [2.45, 2.75) is 25.0 Å². The average molecular weight is 354 g/mol. The first kappa shape index (κ1) is 13.9. The molecule has 104 valence electrons. The second-order valence-electron chi connectivity index (χ2n) is 4.96. The summed E-state index contributed by atoms with van der Waals surface area (Å²) in [5.74, 6) is 0.859. The summed E-state index contributed by atoms with van der Waals surface area (Å²) in [7, 11) is 0. The fraction of sp³-hybridized carbons (Fsp3) is 0.250. The van der Waals surface area contributed by atoms with Crippen molar-refractivity contribution in [3.8, 4) is 5.75 Å². The van der Waals surface area contributed by atoms with Gasteiger partial charge in [0.1, 0.15) is 11.9 Å². The van der Waals surface area contributed by atoms with Crippen LogP contribution in [0, 0.1) is 0 Å². The van der Waals surface area contributed by atoms with Crippen LogP contribution in [0.25, 0.3) is 0 Å². The molecule has 20 heavy (non-hydrogen) atoms. The van der Waals surface area contributed by atoms with E-state index in [1.165, 1.54) is 0 Å². The maximum absolute atomic E-state index is 10.4. The van der Waals surface area contributed by atoms with E-state index in [1.807, 2.05) is 36.4 Å². The molecule has 1 fully saturated rings. The van der Waals surface area contributed by atoms with Crippen molar-refractivity contribution < 1.29 is 9.84 Å². The molecule has 2 nitrogen and oxygen atoms in total. The summed E-state index contributed by atoms with van der Waals surface area (Å²) in [6, 6.07) is 13.0. The molecule has 0 aliphatic heterocycles. The number of ether oxygens (including phenoxy) is 1. The molecular formula is C16H14BrClO2. The molecular weight excluding hydrogens is 340 g/mol. The predicted molar refractivity (Wildman–Crippen MR) is 83.3 cm³/mol. The normalized spacial score (nSPS) is 15.9. The van der Waals surface area contributed by atoms with Crippen molar-refractivity contribution >= 4 is 27.5 Å². The lowest BCUT2D eigenvalue weighted by Gasteiger charge is -2.13. The second-order valence-corrected chi connectivity index (χ2v) is 6.22. The standard InChI is InChI=1S/C16H14BrClO2/c17-14-8-3-11(9-15(14)18)16(19)10-1-4-12(5-2-10)20-13-6-7-13/h1-5,8-9,13,16,19H,6-7H2. The number of rotatable bonds is 4. The highest BCUT2D eigenvalue weighted by atomic mass is 79.9. The molecule has 0 saturated heterocycles. The Balaban J connectivity index is 1.78. The largest absolute Gasteiger partial charge is 0.490 e. The van der Waals surface area contributed by atoms with E-state index >= 15 is 0 Å². The van der Waals surface area contributed by atoms with Crippen LogP contribution >= 0.6 is 27.5 Å². The Bertz CT molecular complexity index is 608. The van der Waals surface area contributed by atoms with Crippen molar-refractivity contribution in [1.29, 1.82) is 0 Å². The van der Waals surface area contributed by atoms with Crippen LogP contribution in [0.4, 0.5) is 0 Å². The van der Waals surface area contributed by atoms with E-state index in [4.69, 9.17) is 16.3 Å². The molecule has 1 aliphatic carbocycles. The summed E-state index contributed by atoms with van der Waals surface area (Å²) in [4.78, 5) is 0. The van der Waals surface area contributed by atoms with Gasteiger partial charge in [0.2, 0.25) is 0 Å². The van der Waals surface area contributed by atoms with E-state index in [9.17, 15) is 5.11 Å². The minimum absolute atomic E-state index is 0.385. The molecule has 0 aromatic heterocycles. The molecule has 0 radical (unpaired) electrons. The smallest absolute Gasteiger partial charge is 0.119 e. The summed E-state index contributed by atoms with van der Waals surface area (Å²) in [5, 5.41) is 11.0. The van der Waals surface area contributed by atoms with Crippen molar-refractivity contribution in [2.75, 3.05) is 0 Å². The lowest BCUT2D eigenvalue weighted by atomic mass is 10.0. The monoisotopic (exact) mass is 352 g/mol. The highest BCUT2D eigenvalue weighted by Gasteiger charge is 2.23. The topological polar surface area (TPSA) is 29.5 Å². The summed E-state index contributed by atoms with van der Waals surface area (Å²) in [5.41, 5.74) is 1.60. The Morgan fingerprint density at radius 3 is 2.35 bits per heavy atom. The molecule has 4 heteroatoms. The van der Waals surface area contributed by atoms with Crippen molar-refractivity contribution in [2.24, 2.45) is 0 Å². The number of benzene rings is 2. The molecule has 0 amide bonds. The summed E-state index contributed by atoms with van der Waals surface area (Å²) in [6.07, 6.45) is 1.98. The highest BCUT2D eigenvalue weighted by molar-refractivity contribution is 9.10. The Morgan fingerprint density at radius 2 is 1.75 bits per heavy atom. The van der Waals surface area contributed by atoms with Crippen LogP contribution < -0.4 is 4.74 Å². The van der Waals surface area contributed by atoms with E-state index in [1.54, 1.807) is 6.07 Å². The molecule has 0 bridgehead atoms. The van der Waals surface area contributed by atoms with Gasteiger partial charge in [0.15, 0.2) is 0 Å². The zero-order valence-corrected chi connectivity index (χ0v) is 13.1. The van der Waals surface area contributed by atoms with Gasteiger partial charge in [0, 0.05) is 4.47 Å². The van der Waals surface area contributed by atoms with E-state index in [-0.39, 0.29) is 0 Å². The van der Waals surface area contributed by atoms with Crippen molar-refractivity contribution in [3.63, 3.8) is 0 Å². The molecule has 3 rings (SSSR count). The molecule has 2 aromatic rings. The Kier molecular flexibility index (Phi) is 4.01. The first-order chi connectivity index (χ1) is 9.63. The van der Waals surface area contributed by atoms with Crippen LogP contribution in [0.2, 0.25) is 5.02 Å². The Morgan fingerprint density at radius 1 is 1.10 bits per heavy atom. The van der Waals surface area contributed by atoms with Gasteiger partial charge in [-0.1, -0.05) is 29.8 Å². The maximum atomic E-state index is 10.4. The lowest BCUT2D eigenvalue weighted by molar-refractivity contribution is 0.220. The van der Waals surface area contributed by atoms with Gasteiger partial charge < -0.3 is 9.84 Å². The van der Waals surface area contributed by atoms with Gasteiger partial charge in [-0.2, -0.15) is 0 Å². The first-order valence-electron chi connectivity index (χ1n) is 6.53. The van der Waals surface area contributed by atoms with Crippen LogP contribution in [0.3, 0.4) is 0 Å². The average Bonchev–Trinajstić information content (AvgIpc) is 3.26. The quantitative estimate of drug-likeness (QED) is 0.861. The van der Waals surface area contributed by atoms with Gasteiger partial charge in [0.25, 0.3) is 0 Å². The van der Waals surface area contributed by atoms with Gasteiger partial charge >= 0.3 is 0 Å². The van der Waals surface area contributed by atoms with E-state index < -0.39 is 6.10 Å². The molecule has 1 atom stereocenters. The molecule has 2 aromatic carbocycles. The molecule has 1 N–H and O–H groups in total. The zero-order valence-electron chi connectivity index (χ0n) is 10.7. The van der Waals surface area contributed by atoms with Crippen LogP contribution in [0.1, 0.15) is 30.1 Å². The zero-order chi connectivity index (χ0) is 14.1. The summed E-state index contributed by atoms with van der Waals surface area (Å²) in [6.45, 7) is 0. The summed E-state index contributed by atoms with van der Waals surface area (Å²) < 4.78 is 6.51. The molecule has 0 spiro atoms. The fourth-order valence-corrected chi connectivity index (χ4v) is 2.42. The van der Waals surface area contributed by atoms with Gasteiger partial charge in [0.05, 0.1) is 11.1 Å². The number of halogens is 2. The second kappa shape index (κ2) is 5.76. The van der Waals surface area contributed by atoms with E-state index in [0.717, 1.165) is 34.2 Å². The highest BCUT2D eigenvalue weighted by Crippen LogP contribution is 2.31. The maximum Gasteiger partial charge on any atom is 0.119 e. The minimum Gasteiger partial charge on any atom is -0.490 e. The molecule has 1 saturated carbocycles. The van der Waals surface area contributed by atoms with Crippen LogP contribution in [-0.4, -0.2) is 11.2 Å². The third kappa shape index (κ3) is 3.17. The van der Waals surface area contributed by atoms with Crippen LogP contribution in [-0.2, 0) is 0 Å². The SMILES string of the molecule is OC(c1ccc(OC2CC2)cc1)c1ccc(Br)c(Cl)c1. The van der Waals surface area contributed by atoms with Crippen molar-refractivity contribution in [1.82, 2.24) is 0 Å². The van der Waals surface area contributed by atoms with Gasteiger partial charge in [-0.25, -0.2) is 0 Å². The van der Waals surface area contributed by atoms with Crippen LogP contribution in [0.5, 0.6) is 5.75 Å². The number of aliphatic hydroxyl groups is 1. The van der Waals surface area contributed by atoms with Gasteiger partial charge in [-0.3, -0.25) is 0 Å². The third-order valence-corrected chi connectivity index (χ3v) is 4.51. The first-order valence-corrected chi connectivity index (χ1v) is 7.70. The van der Waals surface area contributed by atoms with Crippen LogP contribution in [0.15, 0.2) is 46.9 Å². The van der Waals surface area contributed by atoms with Crippen molar-refractivity contribution in [3.05, 3.63) is 63.1 Å². The number of hydrogen-bond donors (Lipinski definition) is 1. The number of aliphatic hydroxyl groups excluding tert-OH is 1. The fourth-order valence-electron chi connectivity index (χ4n) is 1.98. The third-order valence-electron chi connectivity index (χ3n) is 3.28. The summed E-state index contributed by atoms with van der Waals surface area (Å²) >= 11 is 9.40. The Hall–Kier alpha value is -1.03. The molecule has 0 heterocycles. The minimum atomic E-state index is -0.685. The van der Waals surface area contributed by atoms with E-state index in [2.05, 4.69) is 15.9 Å².